The number of aromatic nitrogens is 2. The van der Waals surface area contributed by atoms with E-state index in [-0.39, 0.29) is 17.8 Å². The number of fused-ring (bicyclic) bond motifs is 1. The van der Waals surface area contributed by atoms with Crippen LogP contribution in [0, 0.1) is 12.7 Å². The van der Waals surface area contributed by atoms with E-state index < -0.39 is 0 Å². The van der Waals surface area contributed by atoms with Gasteiger partial charge in [-0.15, -0.1) is 0 Å². The third-order valence-electron chi connectivity index (χ3n) is 6.76. The summed E-state index contributed by atoms with van der Waals surface area (Å²) < 4.78 is 21.1. The lowest BCUT2D eigenvalue weighted by Crippen LogP contribution is -2.32. The fraction of sp³-hybridized carbons (Fsp3) is 0.310. The molecule has 1 amide bonds. The van der Waals surface area contributed by atoms with Crippen LogP contribution in [0.2, 0.25) is 0 Å². The summed E-state index contributed by atoms with van der Waals surface area (Å²) >= 11 is 0. The number of ether oxygens (including phenoxy) is 1. The molecule has 0 aliphatic carbocycles. The van der Waals surface area contributed by atoms with Crippen LogP contribution >= 0.6 is 0 Å². The van der Waals surface area contributed by atoms with E-state index in [1.54, 1.807) is 11.0 Å². The summed E-state index contributed by atoms with van der Waals surface area (Å²) in [4.78, 5) is 19.3. The quantitative estimate of drug-likeness (QED) is 0.344. The Bertz CT molecular complexity index is 1370. The van der Waals surface area contributed by atoms with Gasteiger partial charge >= 0.3 is 0 Å². The molecule has 2 aromatic heterocycles. The van der Waals surface area contributed by atoms with E-state index >= 15 is 0 Å². The zero-order valence-corrected chi connectivity index (χ0v) is 21.2. The third kappa shape index (κ3) is 6.15. The highest BCUT2D eigenvalue weighted by molar-refractivity contribution is 5.94. The Hall–Kier alpha value is -3.75. The first-order chi connectivity index (χ1) is 17.9. The number of amides is 1. The van der Waals surface area contributed by atoms with Crippen LogP contribution in [-0.2, 0) is 6.61 Å². The van der Waals surface area contributed by atoms with E-state index in [1.165, 1.54) is 12.1 Å². The Morgan fingerprint density at radius 1 is 1.14 bits per heavy atom. The standard InChI is InChI=1S/C29H32FN5O2/c1-20-8-13-28-31-25(18-35(28)17-20)19-37-26-7-3-5-22(15-26)29(36)34(2)14-4-6-24-16-27(33-32-24)21-9-11-23(30)12-10-21/h3,5,7-13,15,17-18,24,27,32-33H,4,6,14,16,19H2,1-2H3. The number of nitrogens with zero attached hydrogens (tertiary/aromatic N) is 3. The first-order valence-corrected chi connectivity index (χ1v) is 12.6. The van der Waals surface area contributed by atoms with Crippen LogP contribution in [0.5, 0.6) is 5.75 Å². The Labute approximate surface area is 216 Å². The number of carbonyl (C=O) groups is 1. The number of rotatable bonds is 9. The van der Waals surface area contributed by atoms with Gasteiger partial charge in [-0.25, -0.2) is 9.37 Å². The van der Waals surface area contributed by atoms with Gasteiger partial charge in [-0.2, -0.15) is 0 Å². The highest BCUT2D eigenvalue weighted by atomic mass is 19.1. The van der Waals surface area contributed by atoms with Gasteiger partial charge in [0.05, 0.1) is 5.69 Å². The summed E-state index contributed by atoms with van der Waals surface area (Å²) in [5.74, 6) is 0.383. The number of carbonyl (C=O) groups excluding carboxylic acids is 1. The molecule has 2 atom stereocenters. The van der Waals surface area contributed by atoms with Crippen LogP contribution in [0.4, 0.5) is 4.39 Å². The summed E-state index contributed by atoms with van der Waals surface area (Å²) in [6, 6.07) is 18.4. The van der Waals surface area contributed by atoms with Gasteiger partial charge in [-0.3, -0.25) is 15.6 Å². The highest BCUT2D eigenvalue weighted by Gasteiger charge is 2.25. The summed E-state index contributed by atoms with van der Waals surface area (Å²) in [6.45, 7) is 3.03. The average molecular weight is 502 g/mol. The minimum atomic E-state index is -0.224. The van der Waals surface area contributed by atoms with E-state index in [1.807, 2.05) is 73.2 Å². The van der Waals surface area contributed by atoms with E-state index in [0.29, 0.717) is 30.5 Å². The van der Waals surface area contributed by atoms with Gasteiger partial charge in [0, 0.05) is 43.6 Å². The molecule has 0 spiro atoms. The lowest BCUT2D eigenvalue weighted by molar-refractivity contribution is 0.0791. The van der Waals surface area contributed by atoms with Crippen molar-refractivity contribution in [3.05, 3.63) is 101 Å². The number of hydrogen-bond acceptors (Lipinski definition) is 5. The first-order valence-electron chi connectivity index (χ1n) is 12.6. The summed E-state index contributed by atoms with van der Waals surface area (Å²) in [5.41, 5.74) is 11.2. The average Bonchev–Trinajstić information content (AvgIpc) is 3.54. The number of imidazole rings is 1. The molecule has 0 saturated carbocycles. The maximum atomic E-state index is 13.2. The molecule has 0 radical (unpaired) electrons. The number of aryl methyl sites for hydroxylation is 1. The molecular weight excluding hydrogens is 469 g/mol. The molecule has 2 unspecified atom stereocenters. The van der Waals surface area contributed by atoms with Gasteiger partial charge in [0.15, 0.2) is 0 Å². The van der Waals surface area contributed by atoms with Gasteiger partial charge in [0.2, 0.25) is 0 Å². The smallest absolute Gasteiger partial charge is 0.253 e. The molecule has 1 aliphatic heterocycles. The predicted octanol–water partition coefficient (Wildman–Crippen LogP) is 4.82. The minimum absolute atomic E-state index is 0.0321. The molecule has 4 aromatic rings. The molecule has 3 heterocycles. The molecule has 2 N–H and O–H groups in total. The van der Waals surface area contributed by atoms with Crippen molar-refractivity contribution in [3.63, 3.8) is 0 Å². The number of hydrazine groups is 1. The fourth-order valence-corrected chi connectivity index (χ4v) is 4.72. The number of halogens is 1. The maximum absolute atomic E-state index is 13.2. The zero-order valence-electron chi connectivity index (χ0n) is 21.2. The Balaban J connectivity index is 1.09. The molecule has 2 aromatic carbocycles. The number of nitrogens with one attached hydrogen (secondary N) is 2. The van der Waals surface area contributed by atoms with Crippen LogP contribution in [-0.4, -0.2) is 39.8 Å². The van der Waals surface area contributed by atoms with Crippen molar-refractivity contribution in [1.29, 1.82) is 0 Å². The van der Waals surface area contributed by atoms with Crippen molar-refractivity contribution in [1.82, 2.24) is 25.1 Å². The number of benzene rings is 2. The molecule has 1 aliphatic rings. The van der Waals surface area contributed by atoms with Crippen molar-refractivity contribution in [3.8, 4) is 5.75 Å². The van der Waals surface area contributed by atoms with Crippen LogP contribution in [0.25, 0.3) is 5.65 Å². The van der Waals surface area contributed by atoms with Gasteiger partial charge in [-0.1, -0.05) is 24.3 Å². The van der Waals surface area contributed by atoms with Gasteiger partial charge in [-0.05, 0) is 73.7 Å². The van der Waals surface area contributed by atoms with Gasteiger partial charge in [0.25, 0.3) is 5.91 Å². The van der Waals surface area contributed by atoms with Gasteiger partial charge < -0.3 is 14.0 Å². The van der Waals surface area contributed by atoms with Crippen molar-refractivity contribution in [2.75, 3.05) is 13.6 Å². The predicted molar refractivity (Wildman–Crippen MR) is 141 cm³/mol. The van der Waals surface area contributed by atoms with Crippen LogP contribution in [0.1, 0.15) is 52.5 Å². The summed E-state index contributed by atoms with van der Waals surface area (Å²) in [5, 5.41) is 0. The van der Waals surface area contributed by atoms with E-state index in [2.05, 4.69) is 15.8 Å². The topological polar surface area (TPSA) is 70.9 Å². The Morgan fingerprint density at radius 3 is 2.81 bits per heavy atom. The van der Waals surface area contributed by atoms with Crippen molar-refractivity contribution in [2.24, 2.45) is 0 Å². The molecule has 192 valence electrons. The van der Waals surface area contributed by atoms with E-state index in [9.17, 15) is 9.18 Å². The second-order valence-electron chi connectivity index (χ2n) is 9.72. The summed E-state index contributed by atoms with van der Waals surface area (Å²) in [7, 11) is 1.83. The number of pyridine rings is 1. The molecular formula is C29H32FN5O2. The first kappa shape index (κ1) is 24.9. The minimum Gasteiger partial charge on any atom is -0.487 e. The molecule has 37 heavy (non-hydrogen) atoms. The molecule has 1 fully saturated rings. The monoisotopic (exact) mass is 501 g/mol. The van der Waals surface area contributed by atoms with E-state index in [0.717, 1.165) is 41.7 Å². The van der Waals surface area contributed by atoms with E-state index in [4.69, 9.17) is 4.74 Å². The van der Waals surface area contributed by atoms with Crippen LogP contribution < -0.4 is 15.6 Å². The van der Waals surface area contributed by atoms with Crippen molar-refractivity contribution in [2.45, 2.75) is 44.9 Å². The zero-order chi connectivity index (χ0) is 25.8. The highest BCUT2D eigenvalue weighted by Crippen LogP contribution is 2.24. The Morgan fingerprint density at radius 2 is 1.97 bits per heavy atom. The molecule has 5 rings (SSSR count). The lowest BCUT2D eigenvalue weighted by atomic mass is 9.99. The van der Waals surface area contributed by atoms with Crippen LogP contribution in [0.15, 0.2) is 73.1 Å². The number of hydrogen-bond donors (Lipinski definition) is 2. The normalized spacial score (nSPS) is 17.3. The fourth-order valence-electron chi connectivity index (χ4n) is 4.72. The van der Waals surface area contributed by atoms with Gasteiger partial charge in [0.1, 0.15) is 23.8 Å². The third-order valence-corrected chi connectivity index (χ3v) is 6.76. The maximum Gasteiger partial charge on any atom is 0.253 e. The molecule has 0 bridgehead atoms. The van der Waals surface area contributed by atoms with Crippen molar-refractivity contribution >= 4 is 11.6 Å². The molecule has 1 saturated heterocycles. The lowest BCUT2D eigenvalue weighted by Gasteiger charge is -2.19. The van der Waals surface area contributed by atoms with Crippen LogP contribution in [0.3, 0.4) is 0 Å². The van der Waals surface area contributed by atoms with Crippen molar-refractivity contribution < 1.29 is 13.9 Å². The summed E-state index contributed by atoms with van der Waals surface area (Å²) in [6.07, 6.45) is 6.73. The second-order valence-corrected chi connectivity index (χ2v) is 9.72. The molecule has 8 heteroatoms. The second kappa shape index (κ2) is 11.1. The molecule has 7 nitrogen and oxygen atoms in total. The largest absolute Gasteiger partial charge is 0.487 e. The Kier molecular flexibility index (Phi) is 7.48. The SMILES string of the molecule is Cc1ccc2nc(COc3cccc(C(=O)N(C)CCCC4CC(c5ccc(F)cc5)NN4)c3)cn2c1.